The van der Waals surface area contributed by atoms with Crippen molar-refractivity contribution in [3.63, 3.8) is 0 Å². The van der Waals surface area contributed by atoms with Crippen molar-refractivity contribution in [1.82, 2.24) is 15.2 Å². The highest BCUT2D eigenvalue weighted by Gasteiger charge is 2.25. The van der Waals surface area contributed by atoms with Crippen LogP contribution < -0.4 is 5.32 Å². The molecule has 1 unspecified atom stereocenters. The molecular weight excluding hydrogens is 306 g/mol. The highest BCUT2D eigenvalue weighted by molar-refractivity contribution is 7.80. The van der Waals surface area contributed by atoms with Gasteiger partial charge in [-0.3, -0.25) is 9.88 Å². The van der Waals surface area contributed by atoms with Gasteiger partial charge in [-0.25, -0.2) is 0 Å². The van der Waals surface area contributed by atoms with Crippen LogP contribution in [0.5, 0.6) is 0 Å². The molecule has 0 amide bonds. The van der Waals surface area contributed by atoms with E-state index in [1.54, 1.807) is 0 Å². The van der Waals surface area contributed by atoms with Gasteiger partial charge in [0.1, 0.15) is 0 Å². The first-order valence-electron chi connectivity index (χ1n) is 8.84. The average Bonchev–Trinajstić information content (AvgIpc) is 2.62. The third-order valence-electron chi connectivity index (χ3n) is 4.86. The van der Waals surface area contributed by atoms with Crippen molar-refractivity contribution in [2.24, 2.45) is 0 Å². The predicted octanol–water partition coefficient (Wildman–Crippen LogP) is 2.75. The smallest absolute Gasteiger partial charge is 0.0860 e. The lowest BCUT2D eigenvalue weighted by molar-refractivity contribution is 0.0372. The maximum absolute atomic E-state index is 5.80. The minimum absolute atomic E-state index is 0.172. The Morgan fingerprint density at radius 3 is 2.74 bits per heavy atom. The summed E-state index contributed by atoms with van der Waals surface area (Å²) in [5.74, 6) is 0.172. The summed E-state index contributed by atoms with van der Waals surface area (Å²) in [5.41, 5.74) is 1.08. The number of ether oxygens (including phenoxy) is 1. The molecular formula is C18H27N3OS. The van der Waals surface area contributed by atoms with Gasteiger partial charge in [-0.15, -0.1) is 0 Å². The molecule has 1 aromatic rings. The normalized spacial score (nSPS) is 21.7. The summed E-state index contributed by atoms with van der Waals surface area (Å²) in [6.45, 7) is 4.53. The Morgan fingerprint density at radius 2 is 2.04 bits per heavy atom. The second-order valence-electron chi connectivity index (χ2n) is 6.56. The predicted molar refractivity (Wildman–Crippen MR) is 96.8 cm³/mol. The van der Waals surface area contributed by atoms with Crippen LogP contribution in [0.2, 0.25) is 0 Å². The zero-order chi connectivity index (χ0) is 15.9. The maximum atomic E-state index is 5.80. The summed E-state index contributed by atoms with van der Waals surface area (Å²) in [5, 5.41) is 3.64. The number of rotatable bonds is 5. The summed E-state index contributed by atoms with van der Waals surface area (Å²) in [7, 11) is 0. The van der Waals surface area contributed by atoms with Crippen LogP contribution in [0.4, 0.5) is 0 Å². The average molecular weight is 334 g/mol. The van der Waals surface area contributed by atoms with Crippen molar-refractivity contribution in [3.8, 4) is 0 Å². The van der Waals surface area contributed by atoms with Gasteiger partial charge in [-0.2, -0.15) is 0 Å². The zero-order valence-corrected chi connectivity index (χ0v) is 14.6. The van der Waals surface area contributed by atoms with Crippen LogP contribution in [-0.2, 0) is 4.74 Å². The van der Waals surface area contributed by atoms with Gasteiger partial charge in [0.15, 0.2) is 0 Å². The highest BCUT2D eigenvalue weighted by Crippen LogP contribution is 2.21. The SMILES string of the molecule is S=C(NC1CCCCC1)C(CN1CCOCC1)c1ccccn1. The van der Waals surface area contributed by atoms with E-state index in [9.17, 15) is 0 Å². The van der Waals surface area contributed by atoms with Crippen LogP contribution >= 0.6 is 12.2 Å². The van der Waals surface area contributed by atoms with Gasteiger partial charge in [0.25, 0.3) is 0 Å². The quantitative estimate of drug-likeness (QED) is 0.839. The Morgan fingerprint density at radius 1 is 1.26 bits per heavy atom. The number of nitrogens with zero attached hydrogens (tertiary/aromatic N) is 2. The molecule has 5 heteroatoms. The second kappa shape index (κ2) is 8.71. The fourth-order valence-electron chi connectivity index (χ4n) is 3.48. The Kier molecular flexibility index (Phi) is 6.37. The van der Waals surface area contributed by atoms with Crippen LogP contribution in [0, 0.1) is 0 Å². The highest BCUT2D eigenvalue weighted by atomic mass is 32.1. The number of hydrogen-bond acceptors (Lipinski definition) is 4. The van der Waals surface area contributed by atoms with Crippen molar-refractivity contribution in [2.45, 2.75) is 44.1 Å². The van der Waals surface area contributed by atoms with Gasteiger partial charge >= 0.3 is 0 Å². The van der Waals surface area contributed by atoms with E-state index in [0.29, 0.717) is 6.04 Å². The van der Waals surface area contributed by atoms with Crippen molar-refractivity contribution in [2.75, 3.05) is 32.8 Å². The molecule has 1 saturated carbocycles. The number of hydrogen-bond donors (Lipinski definition) is 1. The van der Waals surface area contributed by atoms with Crippen molar-refractivity contribution in [3.05, 3.63) is 30.1 Å². The molecule has 3 rings (SSSR count). The molecule has 2 fully saturated rings. The zero-order valence-electron chi connectivity index (χ0n) is 13.7. The van der Waals surface area contributed by atoms with Gasteiger partial charge in [0, 0.05) is 31.9 Å². The first-order valence-corrected chi connectivity index (χ1v) is 9.25. The third kappa shape index (κ3) is 4.96. The Labute approximate surface area is 144 Å². The molecule has 0 radical (unpaired) electrons. The number of nitrogens with one attached hydrogen (secondary N) is 1. The monoisotopic (exact) mass is 333 g/mol. The molecule has 0 aromatic carbocycles. The van der Waals surface area contributed by atoms with Crippen molar-refractivity contribution < 1.29 is 4.74 Å². The van der Waals surface area contributed by atoms with E-state index in [2.05, 4.69) is 27.3 Å². The maximum Gasteiger partial charge on any atom is 0.0860 e. The summed E-state index contributed by atoms with van der Waals surface area (Å²) in [6, 6.07) is 6.66. The molecule has 23 heavy (non-hydrogen) atoms. The molecule has 1 atom stereocenters. The number of aromatic nitrogens is 1. The molecule has 2 aliphatic rings. The third-order valence-corrected chi connectivity index (χ3v) is 5.26. The molecule has 1 aliphatic heterocycles. The van der Waals surface area contributed by atoms with Gasteiger partial charge in [-0.05, 0) is 25.0 Å². The molecule has 1 aromatic heterocycles. The summed E-state index contributed by atoms with van der Waals surface area (Å²) in [4.78, 5) is 7.98. The summed E-state index contributed by atoms with van der Waals surface area (Å²) < 4.78 is 5.46. The summed E-state index contributed by atoms with van der Waals surface area (Å²) >= 11 is 5.80. The van der Waals surface area contributed by atoms with Crippen LogP contribution in [-0.4, -0.2) is 53.8 Å². The van der Waals surface area contributed by atoms with E-state index in [0.717, 1.165) is 43.5 Å². The van der Waals surface area contributed by atoms with Crippen LogP contribution in [0.3, 0.4) is 0 Å². The molecule has 2 heterocycles. The van der Waals surface area contributed by atoms with Crippen molar-refractivity contribution in [1.29, 1.82) is 0 Å². The Hall–Kier alpha value is -1.04. The minimum atomic E-state index is 0.172. The largest absolute Gasteiger partial charge is 0.379 e. The van der Waals surface area contributed by atoms with E-state index in [4.69, 9.17) is 17.0 Å². The van der Waals surface area contributed by atoms with E-state index in [1.807, 2.05) is 12.3 Å². The Balaban J connectivity index is 1.67. The van der Waals surface area contributed by atoms with E-state index < -0.39 is 0 Å². The first kappa shape index (κ1) is 16.8. The van der Waals surface area contributed by atoms with Gasteiger partial charge in [0.2, 0.25) is 0 Å². The standard InChI is InChI=1S/C18H27N3OS/c23-18(20-15-6-2-1-3-7-15)16(17-8-4-5-9-19-17)14-21-10-12-22-13-11-21/h4-5,8-9,15-16H,1-3,6-7,10-14H2,(H,20,23). The second-order valence-corrected chi connectivity index (χ2v) is 7.00. The fraction of sp³-hybridized carbons (Fsp3) is 0.667. The van der Waals surface area contributed by atoms with Gasteiger partial charge in [-0.1, -0.05) is 37.5 Å². The van der Waals surface area contributed by atoms with Crippen LogP contribution in [0.1, 0.15) is 43.7 Å². The lowest BCUT2D eigenvalue weighted by Gasteiger charge is -2.32. The molecule has 1 N–H and O–H groups in total. The fourth-order valence-corrected chi connectivity index (χ4v) is 3.85. The van der Waals surface area contributed by atoms with E-state index >= 15 is 0 Å². The summed E-state index contributed by atoms with van der Waals surface area (Å²) in [6.07, 6.45) is 8.35. The van der Waals surface area contributed by atoms with Gasteiger partial charge < -0.3 is 10.1 Å². The number of morpholine rings is 1. The van der Waals surface area contributed by atoms with Crippen molar-refractivity contribution >= 4 is 17.2 Å². The molecule has 1 saturated heterocycles. The lowest BCUT2D eigenvalue weighted by Crippen LogP contribution is -2.44. The molecule has 0 bridgehead atoms. The molecule has 4 nitrogen and oxygen atoms in total. The molecule has 1 aliphatic carbocycles. The molecule has 0 spiro atoms. The lowest BCUT2D eigenvalue weighted by atomic mass is 9.94. The molecule has 126 valence electrons. The first-order chi connectivity index (χ1) is 11.3. The van der Waals surface area contributed by atoms with Crippen LogP contribution in [0.15, 0.2) is 24.4 Å². The Bertz CT molecular complexity index is 484. The number of thiocarbonyl (C=S) groups is 1. The topological polar surface area (TPSA) is 37.4 Å². The van der Waals surface area contributed by atoms with Gasteiger partial charge in [0.05, 0.1) is 29.8 Å². The minimum Gasteiger partial charge on any atom is -0.379 e. The van der Waals surface area contributed by atoms with E-state index in [-0.39, 0.29) is 5.92 Å². The van der Waals surface area contributed by atoms with Crippen LogP contribution in [0.25, 0.3) is 0 Å². The number of pyridine rings is 1. The van der Waals surface area contributed by atoms with E-state index in [1.165, 1.54) is 32.1 Å².